The van der Waals surface area contributed by atoms with E-state index in [-0.39, 0.29) is 6.04 Å². The Kier molecular flexibility index (Phi) is 6.50. The van der Waals surface area contributed by atoms with Gasteiger partial charge in [-0.1, -0.05) is 35.9 Å². The number of rotatable bonds is 6. The molecule has 122 valence electrons. The maximum atomic E-state index is 6.09. The molecule has 23 heavy (non-hydrogen) atoms. The average Bonchev–Trinajstić information content (AvgIpc) is 2.55. The Hall–Kier alpha value is -1.98. The number of methoxy groups -OCH3 is 1. The van der Waals surface area contributed by atoms with Crippen LogP contribution in [0.3, 0.4) is 0 Å². The lowest BCUT2D eigenvalue weighted by molar-refractivity contribution is 0.270. The van der Waals surface area contributed by atoms with Crippen LogP contribution in [0.2, 0.25) is 5.02 Å². The number of hydrogen-bond acceptors (Lipinski definition) is 3. The molecule has 0 heterocycles. The van der Waals surface area contributed by atoms with Crippen LogP contribution in [0, 0.1) is 0 Å². The van der Waals surface area contributed by atoms with Crippen LogP contribution in [0.15, 0.2) is 48.5 Å². The van der Waals surface area contributed by atoms with Gasteiger partial charge in [0.1, 0.15) is 6.61 Å². The number of nitrogens with one attached hydrogen (secondary N) is 2. The summed E-state index contributed by atoms with van der Waals surface area (Å²) in [5.74, 6) is 1.41. The van der Waals surface area contributed by atoms with Crippen LogP contribution < -0.4 is 20.1 Å². The zero-order valence-electron chi connectivity index (χ0n) is 13.0. The van der Waals surface area contributed by atoms with Crippen molar-refractivity contribution in [3.8, 4) is 11.5 Å². The van der Waals surface area contributed by atoms with Gasteiger partial charge in [0.15, 0.2) is 16.6 Å². The number of benzene rings is 2. The standard InChI is InChI=1S/C17H19ClN2O2S/c1-12(11-22-16-10-6-5-9-15(16)21-2)19-17(23)20-14-8-4-3-7-13(14)18/h3-10,12H,11H2,1-2H3,(H2,19,20,23)/t12-/m0/s1. The molecule has 0 bridgehead atoms. The first-order valence-corrected chi connectivity index (χ1v) is 7.96. The van der Waals surface area contributed by atoms with E-state index in [1.807, 2.05) is 49.4 Å². The lowest BCUT2D eigenvalue weighted by Crippen LogP contribution is -2.39. The third-order valence-electron chi connectivity index (χ3n) is 3.06. The fraction of sp³-hybridized carbons (Fsp3) is 0.235. The maximum absolute atomic E-state index is 6.09. The summed E-state index contributed by atoms with van der Waals surface area (Å²) in [5.41, 5.74) is 0.768. The minimum absolute atomic E-state index is 0.0161. The summed E-state index contributed by atoms with van der Waals surface area (Å²) < 4.78 is 11.0. The van der Waals surface area contributed by atoms with Crippen molar-refractivity contribution in [3.05, 3.63) is 53.6 Å². The van der Waals surface area contributed by atoms with Gasteiger partial charge in [0, 0.05) is 0 Å². The molecule has 2 N–H and O–H groups in total. The van der Waals surface area contributed by atoms with Crippen LogP contribution in [0.4, 0.5) is 5.69 Å². The second kappa shape index (κ2) is 8.60. The molecular weight excluding hydrogens is 332 g/mol. The first-order chi connectivity index (χ1) is 11.1. The summed E-state index contributed by atoms with van der Waals surface area (Å²) in [6, 6.07) is 15.0. The molecule has 0 aliphatic rings. The normalized spacial score (nSPS) is 11.4. The summed E-state index contributed by atoms with van der Waals surface area (Å²) in [7, 11) is 1.62. The summed E-state index contributed by atoms with van der Waals surface area (Å²) >= 11 is 11.4. The fourth-order valence-corrected chi connectivity index (χ4v) is 2.43. The van der Waals surface area contributed by atoms with E-state index in [2.05, 4.69) is 10.6 Å². The van der Waals surface area contributed by atoms with Crippen LogP contribution in [0.5, 0.6) is 11.5 Å². The van der Waals surface area contributed by atoms with Gasteiger partial charge in [-0.25, -0.2) is 0 Å². The summed E-state index contributed by atoms with van der Waals surface area (Å²) in [6.07, 6.45) is 0. The van der Waals surface area contributed by atoms with Gasteiger partial charge in [0.2, 0.25) is 0 Å². The average molecular weight is 351 g/mol. The van der Waals surface area contributed by atoms with Crippen LogP contribution in [0.1, 0.15) is 6.92 Å². The lowest BCUT2D eigenvalue weighted by atomic mass is 10.3. The molecule has 0 saturated carbocycles. The van der Waals surface area contributed by atoms with Crippen molar-refractivity contribution >= 4 is 34.6 Å². The SMILES string of the molecule is COc1ccccc1OC[C@H](C)NC(=S)Nc1ccccc1Cl. The highest BCUT2D eigenvalue weighted by molar-refractivity contribution is 7.80. The molecule has 2 aromatic rings. The largest absolute Gasteiger partial charge is 0.493 e. The van der Waals surface area contributed by atoms with Crippen molar-refractivity contribution in [2.24, 2.45) is 0 Å². The van der Waals surface area contributed by atoms with Crippen LogP contribution in [-0.4, -0.2) is 24.9 Å². The highest BCUT2D eigenvalue weighted by Gasteiger charge is 2.09. The maximum Gasteiger partial charge on any atom is 0.171 e. The number of hydrogen-bond donors (Lipinski definition) is 2. The molecule has 6 heteroatoms. The molecule has 2 aromatic carbocycles. The molecule has 0 amide bonds. The highest BCUT2D eigenvalue weighted by Crippen LogP contribution is 2.25. The van der Waals surface area contributed by atoms with Gasteiger partial charge in [-0.15, -0.1) is 0 Å². The minimum Gasteiger partial charge on any atom is -0.493 e. The van der Waals surface area contributed by atoms with E-state index in [0.717, 1.165) is 5.69 Å². The smallest absolute Gasteiger partial charge is 0.171 e. The van der Waals surface area contributed by atoms with Crippen LogP contribution in [0.25, 0.3) is 0 Å². The Morgan fingerprint density at radius 1 is 1.13 bits per heavy atom. The van der Waals surface area contributed by atoms with E-state index in [0.29, 0.717) is 28.2 Å². The van der Waals surface area contributed by atoms with Crippen molar-refractivity contribution in [2.45, 2.75) is 13.0 Å². The molecule has 0 aliphatic heterocycles. The number of ether oxygens (including phenoxy) is 2. The lowest BCUT2D eigenvalue weighted by Gasteiger charge is -2.18. The van der Waals surface area contributed by atoms with E-state index in [9.17, 15) is 0 Å². The topological polar surface area (TPSA) is 42.5 Å². The second-order valence-electron chi connectivity index (χ2n) is 4.94. The summed E-state index contributed by atoms with van der Waals surface area (Å²) in [4.78, 5) is 0. The van der Waals surface area contributed by atoms with E-state index in [4.69, 9.17) is 33.3 Å². The van der Waals surface area contributed by atoms with Gasteiger partial charge in [0.25, 0.3) is 0 Å². The van der Waals surface area contributed by atoms with Gasteiger partial charge in [-0.3, -0.25) is 0 Å². The highest BCUT2D eigenvalue weighted by atomic mass is 35.5. The quantitative estimate of drug-likeness (QED) is 0.768. The molecule has 0 aromatic heterocycles. The first kappa shape index (κ1) is 17.4. The Bertz CT molecular complexity index is 667. The van der Waals surface area contributed by atoms with Gasteiger partial charge in [0.05, 0.1) is 23.9 Å². The van der Waals surface area contributed by atoms with Crippen LogP contribution >= 0.6 is 23.8 Å². The third-order valence-corrected chi connectivity index (χ3v) is 3.61. The van der Waals surface area contributed by atoms with Gasteiger partial charge in [-0.2, -0.15) is 0 Å². The van der Waals surface area contributed by atoms with Crippen molar-refractivity contribution in [2.75, 3.05) is 19.0 Å². The van der Waals surface area contributed by atoms with Gasteiger partial charge in [-0.05, 0) is 43.4 Å². The molecule has 0 saturated heterocycles. The number of halogens is 1. The molecule has 0 fully saturated rings. The van der Waals surface area contributed by atoms with Crippen molar-refractivity contribution in [1.29, 1.82) is 0 Å². The number of thiocarbonyl (C=S) groups is 1. The monoisotopic (exact) mass is 350 g/mol. The zero-order chi connectivity index (χ0) is 16.7. The predicted molar refractivity (Wildman–Crippen MR) is 98.8 cm³/mol. The molecule has 0 radical (unpaired) electrons. The predicted octanol–water partition coefficient (Wildman–Crippen LogP) is 4.10. The van der Waals surface area contributed by atoms with Crippen molar-refractivity contribution < 1.29 is 9.47 Å². The summed E-state index contributed by atoms with van der Waals surface area (Å²) in [5, 5.41) is 7.34. The number of para-hydroxylation sites is 3. The first-order valence-electron chi connectivity index (χ1n) is 7.18. The summed E-state index contributed by atoms with van der Waals surface area (Å²) in [6.45, 7) is 2.43. The minimum atomic E-state index is 0.0161. The van der Waals surface area contributed by atoms with Gasteiger partial charge < -0.3 is 20.1 Å². The van der Waals surface area contributed by atoms with Crippen molar-refractivity contribution in [1.82, 2.24) is 5.32 Å². The Morgan fingerprint density at radius 2 is 1.78 bits per heavy atom. The van der Waals surface area contributed by atoms with E-state index in [1.165, 1.54) is 0 Å². The molecule has 4 nitrogen and oxygen atoms in total. The number of anilines is 1. The molecule has 0 unspecified atom stereocenters. The third kappa shape index (κ3) is 5.30. The Morgan fingerprint density at radius 3 is 2.48 bits per heavy atom. The zero-order valence-corrected chi connectivity index (χ0v) is 14.6. The van der Waals surface area contributed by atoms with E-state index < -0.39 is 0 Å². The van der Waals surface area contributed by atoms with Gasteiger partial charge >= 0.3 is 0 Å². The Labute approximate surface area is 146 Å². The van der Waals surface area contributed by atoms with Crippen molar-refractivity contribution in [3.63, 3.8) is 0 Å². The Balaban J connectivity index is 1.83. The second-order valence-corrected chi connectivity index (χ2v) is 5.76. The molecular formula is C17H19ClN2O2S. The van der Waals surface area contributed by atoms with Crippen LogP contribution in [-0.2, 0) is 0 Å². The molecule has 0 aliphatic carbocycles. The molecule has 1 atom stereocenters. The molecule has 2 rings (SSSR count). The van der Waals surface area contributed by atoms with E-state index in [1.54, 1.807) is 13.2 Å². The fourth-order valence-electron chi connectivity index (χ4n) is 1.94. The van der Waals surface area contributed by atoms with E-state index >= 15 is 0 Å². The molecule has 0 spiro atoms.